The highest BCUT2D eigenvalue weighted by Gasteiger charge is 2.32. The summed E-state index contributed by atoms with van der Waals surface area (Å²) < 4.78 is 5.59. The second-order valence-corrected chi connectivity index (χ2v) is 7.56. The third kappa shape index (κ3) is 3.45. The van der Waals surface area contributed by atoms with Gasteiger partial charge in [0.05, 0.1) is 23.0 Å². The van der Waals surface area contributed by atoms with E-state index in [9.17, 15) is 14.9 Å². The zero-order valence-corrected chi connectivity index (χ0v) is 16.1. The van der Waals surface area contributed by atoms with Crippen LogP contribution in [-0.2, 0) is 4.74 Å². The van der Waals surface area contributed by atoms with Crippen molar-refractivity contribution in [2.75, 3.05) is 25.1 Å². The summed E-state index contributed by atoms with van der Waals surface area (Å²) in [6.07, 6.45) is 3.07. The van der Waals surface area contributed by atoms with Crippen molar-refractivity contribution < 1.29 is 9.53 Å². The van der Waals surface area contributed by atoms with Crippen molar-refractivity contribution >= 4 is 22.4 Å². The number of Topliss-reactive ketones (excluding diaryl/α,β-unsaturated/α-hetero) is 1. The maximum atomic E-state index is 12.4. The lowest BCUT2D eigenvalue weighted by atomic mass is 9.92. The highest BCUT2D eigenvalue weighted by Crippen LogP contribution is 2.33. The summed E-state index contributed by atoms with van der Waals surface area (Å²) in [4.78, 5) is 33.8. The lowest BCUT2D eigenvalue weighted by Crippen LogP contribution is -2.44. The minimum Gasteiger partial charge on any atom is -0.378 e. The molecule has 1 aliphatic heterocycles. The molecule has 142 valence electrons. The van der Waals surface area contributed by atoms with Gasteiger partial charge in [-0.1, -0.05) is 13.8 Å². The van der Waals surface area contributed by atoms with Crippen LogP contribution < -0.4 is 10.5 Å². The smallest absolute Gasteiger partial charge is 0.268 e. The van der Waals surface area contributed by atoms with E-state index in [1.54, 1.807) is 13.2 Å². The van der Waals surface area contributed by atoms with E-state index in [1.165, 1.54) is 6.20 Å². The Bertz CT molecular complexity index is 979. The third-order valence-electron chi connectivity index (χ3n) is 5.39. The minimum atomic E-state index is -0.440. The van der Waals surface area contributed by atoms with Crippen molar-refractivity contribution in [1.82, 2.24) is 9.97 Å². The van der Waals surface area contributed by atoms with Crippen molar-refractivity contribution in [2.45, 2.75) is 39.2 Å². The molecule has 2 aromatic rings. The van der Waals surface area contributed by atoms with E-state index in [1.807, 2.05) is 24.8 Å². The fraction of sp³-hybridized carbons (Fsp3) is 0.500. The van der Waals surface area contributed by atoms with Gasteiger partial charge in [-0.15, -0.1) is 0 Å². The van der Waals surface area contributed by atoms with E-state index in [0.29, 0.717) is 35.4 Å². The number of ketones is 1. The number of hydrogen-bond acceptors (Lipinski definition) is 6. The lowest BCUT2D eigenvalue weighted by molar-refractivity contribution is -0.0132. The summed E-state index contributed by atoms with van der Waals surface area (Å²) in [6, 6.07) is 3.73. The molecule has 1 N–H and O–H groups in total. The largest absolute Gasteiger partial charge is 0.378 e. The Hall–Kier alpha value is -2.72. The minimum absolute atomic E-state index is 0.0673. The average Bonchev–Trinajstić information content (AvgIpc) is 2.66. The second kappa shape index (κ2) is 7.12. The molecule has 3 rings (SSSR count). The van der Waals surface area contributed by atoms with E-state index in [0.717, 1.165) is 12.8 Å². The molecule has 2 aromatic heterocycles. The van der Waals surface area contributed by atoms with E-state index in [2.05, 4.69) is 16.9 Å². The number of hydrogen-bond donors (Lipinski definition) is 1. The third-order valence-corrected chi connectivity index (χ3v) is 5.39. The summed E-state index contributed by atoms with van der Waals surface area (Å²) in [5.41, 5.74) is 0.862. The van der Waals surface area contributed by atoms with Crippen LogP contribution in [0.5, 0.6) is 0 Å². The van der Waals surface area contributed by atoms with Gasteiger partial charge in [-0.25, -0.2) is 0 Å². The quantitative estimate of drug-likeness (QED) is 0.833. The highest BCUT2D eigenvalue weighted by molar-refractivity contribution is 6.02. The van der Waals surface area contributed by atoms with Crippen molar-refractivity contribution in [2.24, 2.45) is 5.92 Å². The van der Waals surface area contributed by atoms with Gasteiger partial charge in [0.1, 0.15) is 17.3 Å². The molecule has 7 nitrogen and oxygen atoms in total. The van der Waals surface area contributed by atoms with E-state index < -0.39 is 5.56 Å². The SMILES string of the molecule is COC1(C)CCN(c2c(C#N)c(=O)[nH]c3cnc(C(=O)C(C)C)cc23)CC1. The van der Waals surface area contributed by atoms with Crippen LogP contribution in [0.3, 0.4) is 0 Å². The van der Waals surface area contributed by atoms with Gasteiger partial charge in [-0.3, -0.25) is 14.6 Å². The Morgan fingerprint density at radius 3 is 2.63 bits per heavy atom. The number of aromatic nitrogens is 2. The van der Waals surface area contributed by atoms with Gasteiger partial charge in [-0.05, 0) is 25.8 Å². The summed E-state index contributed by atoms with van der Waals surface area (Å²) in [7, 11) is 1.70. The number of ether oxygens (including phenoxy) is 1. The molecule has 1 fully saturated rings. The Morgan fingerprint density at radius 2 is 2.07 bits per heavy atom. The molecule has 27 heavy (non-hydrogen) atoms. The van der Waals surface area contributed by atoms with Crippen molar-refractivity contribution in [1.29, 1.82) is 5.26 Å². The number of nitriles is 1. The summed E-state index contributed by atoms with van der Waals surface area (Å²) in [5, 5.41) is 10.3. The highest BCUT2D eigenvalue weighted by atomic mass is 16.5. The van der Waals surface area contributed by atoms with Gasteiger partial charge in [-0.2, -0.15) is 5.26 Å². The van der Waals surface area contributed by atoms with Gasteiger partial charge < -0.3 is 14.6 Å². The number of pyridine rings is 2. The number of fused-ring (bicyclic) bond motifs is 1. The molecule has 1 aliphatic rings. The first-order valence-corrected chi connectivity index (χ1v) is 9.10. The number of carbonyl (C=O) groups excluding carboxylic acids is 1. The number of carbonyl (C=O) groups is 1. The number of piperidine rings is 1. The predicted octanol–water partition coefficient (Wildman–Crippen LogP) is 2.64. The lowest BCUT2D eigenvalue weighted by Gasteiger charge is -2.40. The Kier molecular flexibility index (Phi) is 5.03. The van der Waals surface area contributed by atoms with Crippen LogP contribution in [0.4, 0.5) is 5.69 Å². The fourth-order valence-corrected chi connectivity index (χ4v) is 3.45. The number of H-pyrrole nitrogens is 1. The zero-order valence-electron chi connectivity index (χ0n) is 16.1. The van der Waals surface area contributed by atoms with Crippen LogP contribution in [0, 0.1) is 17.2 Å². The molecule has 0 atom stereocenters. The van der Waals surface area contributed by atoms with Crippen LogP contribution in [0.15, 0.2) is 17.1 Å². The van der Waals surface area contributed by atoms with Gasteiger partial charge in [0.15, 0.2) is 5.78 Å². The molecule has 0 aliphatic carbocycles. The van der Waals surface area contributed by atoms with Crippen LogP contribution in [0.25, 0.3) is 10.9 Å². The predicted molar refractivity (Wildman–Crippen MR) is 103 cm³/mol. The molecule has 0 spiro atoms. The maximum absolute atomic E-state index is 12.4. The number of nitrogens with one attached hydrogen (secondary N) is 1. The molecule has 0 unspecified atom stereocenters. The Morgan fingerprint density at radius 1 is 1.41 bits per heavy atom. The molecule has 0 radical (unpaired) electrons. The van der Waals surface area contributed by atoms with Crippen LogP contribution in [0.1, 0.15) is 49.7 Å². The van der Waals surface area contributed by atoms with Gasteiger partial charge in [0, 0.05) is 31.5 Å². The van der Waals surface area contributed by atoms with Gasteiger partial charge >= 0.3 is 0 Å². The number of anilines is 1. The summed E-state index contributed by atoms with van der Waals surface area (Å²) in [6.45, 7) is 7.02. The van der Waals surface area contributed by atoms with Crippen LogP contribution >= 0.6 is 0 Å². The van der Waals surface area contributed by atoms with Crippen LogP contribution in [0.2, 0.25) is 0 Å². The normalized spacial score (nSPS) is 16.5. The molecule has 7 heteroatoms. The Labute approximate surface area is 158 Å². The number of aromatic amines is 1. The number of methoxy groups -OCH3 is 1. The number of rotatable bonds is 4. The van der Waals surface area contributed by atoms with Crippen LogP contribution in [-0.4, -0.2) is 41.6 Å². The van der Waals surface area contributed by atoms with Gasteiger partial charge in [0.25, 0.3) is 5.56 Å². The van der Waals surface area contributed by atoms with E-state index in [4.69, 9.17) is 4.74 Å². The monoisotopic (exact) mass is 368 g/mol. The van der Waals surface area contributed by atoms with Crippen molar-refractivity contribution in [3.8, 4) is 6.07 Å². The first-order valence-electron chi connectivity index (χ1n) is 9.10. The number of nitrogens with zero attached hydrogens (tertiary/aromatic N) is 3. The molecule has 3 heterocycles. The first kappa shape index (κ1) is 19.1. The standard InChI is InChI=1S/C20H24N4O3/c1-12(2)18(25)15-9-13-16(11-22-15)23-19(26)14(10-21)17(13)24-7-5-20(3,27-4)6-8-24/h9,11-12H,5-8H2,1-4H3,(H,23,26). The summed E-state index contributed by atoms with van der Waals surface area (Å²) >= 11 is 0. The first-order chi connectivity index (χ1) is 12.8. The van der Waals surface area contributed by atoms with E-state index in [-0.39, 0.29) is 22.9 Å². The molecule has 0 amide bonds. The maximum Gasteiger partial charge on any atom is 0.268 e. The van der Waals surface area contributed by atoms with Gasteiger partial charge in [0.2, 0.25) is 0 Å². The molecule has 0 aromatic carbocycles. The molecular formula is C20H24N4O3. The fourth-order valence-electron chi connectivity index (χ4n) is 3.45. The second-order valence-electron chi connectivity index (χ2n) is 7.56. The molecule has 0 saturated carbocycles. The summed E-state index contributed by atoms with van der Waals surface area (Å²) in [5.74, 6) is -0.257. The Balaban J connectivity index is 2.17. The molecule has 1 saturated heterocycles. The molecule has 0 bridgehead atoms. The zero-order chi connectivity index (χ0) is 19.8. The van der Waals surface area contributed by atoms with E-state index >= 15 is 0 Å². The van der Waals surface area contributed by atoms with Crippen molar-refractivity contribution in [3.63, 3.8) is 0 Å². The molecular weight excluding hydrogens is 344 g/mol. The topological polar surface area (TPSA) is 99.1 Å². The van der Waals surface area contributed by atoms with Crippen molar-refractivity contribution in [3.05, 3.63) is 33.9 Å². The average molecular weight is 368 g/mol.